The van der Waals surface area contributed by atoms with Crippen molar-refractivity contribution in [3.8, 4) is 11.6 Å². The molecular weight excluding hydrogens is 168 g/mol. The van der Waals surface area contributed by atoms with Gasteiger partial charge >= 0.3 is 0 Å². The molecule has 2 rings (SSSR count). The summed E-state index contributed by atoms with van der Waals surface area (Å²) in [4.78, 5) is 3.99. The molecule has 66 valence electrons. The van der Waals surface area contributed by atoms with Gasteiger partial charge in [-0.15, -0.1) is 5.10 Å². The highest BCUT2D eigenvalue weighted by Crippen LogP contribution is 2.21. The van der Waals surface area contributed by atoms with Crippen LogP contribution in [0.2, 0.25) is 0 Å². The number of hydrogen-bond donors (Lipinski definition) is 1. The van der Waals surface area contributed by atoms with Gasteiger partial charge in [0.15, 0.2) is 11.6 Å². The van der Waals surface area contributed by atoms with E-state index in [0.717, 1.165) is 5.56 Å². The molecule has 2 aromatic rings. The number of aryl methyl sites for hydroxylation is 1. The molecule has 0 aliphatic carbocycles. The summed E-state index contributed by atoms with van der Waals surface area (Å²) in [5.74, 6) is 0.533. The van der Waals surface area contributed by atoms with E-state index < -0.39 is 0 Å². The van der Waals surface area contributed by atoms with Crippen molar-refractivity contribution in [3.05, 3.63) is 30.2 Å². The average molecular weight is 176 g/mol. The third-order valence-electron chi connectivity index (χ3n) is 1.75. The summed E-state index contributed by atoms with van der Waals surface area (Å²) in [6.07, 6.45) is 4.77. The molecule has 13 heavy (non-hydrogen) atoms. The van der Waals surface area contributed by atoms with E-state index in [2.05, 4.69) is 15.3 Å². The molecule has 0 saturated heterocycles. The molecule has 5 heteroatoms. The molecule has 2 heterocycles. The highest BCUT2D eigenvalue weighted by Gasteiger charge is 2.06. The van der Waals surface area contributed by atoms with Crippen LogP contribution in [0.4, 0.5) is 0 Å². The summed E-state index contributed by atoms with van der Waals surface area (Å²) in [5.41, 5.74) is 0.764. The maximum Gasteiger partial charge on any atom is 0.197 e. The Morgan fingerprint density at radius 2 is 2.23 bits per heavy atom. The van der Waals surface area contributed by atoms with Crippen molar-refractivity contribution in [1.82, 2.24) is 20.0 Å². The monoisotopic (exact) mass is 176 g/mol. The van der Waals surface area contributed by atoms with Crippen LogP contribution < -0.4 is 0 Å². The Kier molecular flexibility index (Phi) is 1.70. The van der Waals surface area contributed by atoms with Crippen LogP contribution in [0.25, 0.3) is 5.82 Å². The second-order valence-electron chi connectivity index (χ2n) is 2.65. The smallest absolute Gasteiger partial charge is 0.197 e. The van der Waals surface area contributed by atoms with Gasteiger partial charge in [-0.1, -0.05) is 5.21 Å². The van der Waals surface area contributed by atoms with Crippen LogP contribution in [0.3, 0.4) is 0 Å². The van der Waals surface area contributed by atoms with Crippen molar-refractivity contribution >= 4 is 0 Å². The van der Waals surface area contributed by atoms with Crippen molar-refractivity contribution in [1.29, 1.82) is 0 Å². The SMILES string of the molecule is Cc1ccnc(-n2ccnn2)c1O. The van der Waals surface area contributed by atoms with Gasteiger partial charge in [-0.2, -0.15) is 4.68 Å². The minimum Gasteiger partial charge on any atom is -0.504 e. The summed E-state index contributed by atoms with van der Waals surface area (Å²) < 4.78 is 1.42. The van der Waals surface area contributed by atoms with Gasteiger partial charge in [0.05, 0.1) is 12.4 Å². The van der Waals surface area contributed by atoms with E-state index in [4.69, 9.17) is 0 Å². The van der Waals surface area contributed by atoms with E-state index in [9.17, 15) is 5.11 Å². The van der Waals surface area contributed by atoms with Crippen LogP contribution >= 0.6 is 0 Å². The normalized spacial score (nSPS) is 10.2. The van der Waals surface area contributed by atoms with Crippen LogP contribution in [0.1, 0.15) is 5.56 Å². The van der Waals surface area contributed by atoms with E-state index in [1.165, 1.54) is 10.9 Å². The molecule has 2 aromatic heterocycles. The zero-order chi connectivity index (χ0) is 9.26. The fourth-order valence-corrected chi connectivity index (χ4v) is 1.02. The second kappa shape index (κ2) is 2.85. The van der Waals surface area contributed by atoms with Gasteiger partial charge in [0.25, 0.3) is 0 Å². The predicted octanol–water partition coefficient (Wildman–Crippen LogP) is 0.676. The van der Waals surface area contributed by atoms with E-state index in [1.54, 1.807) is 25.4 Å². The van der Waals surface area contributed by atoms with E-state index in [1.807, 2.05) is 0 Å². The second-order valence-corrected chi connectivity index (χ2v) is 2.65. The highest BCUT2D eigenvalue weighted by molar-refractivity contribution is 5.43. The number of pyridine rings is 1. The Labute approximate surface area is 74.7 Å². The third-order valence-corrected chi connectivity index (χ3v) is 1.75. The molecular formula is C8H8N4O. The molecule has 0 amide bonds. The zero-order valence-corrected chi connectivity index (χ0v) is 7.05. The molecule has 0 saturated carbocycles. The van der Waals surface area contributed by atoms with E-state index >= 15 is 0 Å². The quantitative estimate of drug-likeness (QED) is 0.693. The standard InChI is InChI=1S/C8H8N4O/c1-6-2-3-9-8(7(6)13)12-5-4-10-11-12/h2-5,13H,1H3. The predicted molar refractivity (Wildman–Crippen MR) is 45.6 cm³/mol. The topological polar surface area (TPSA) is 63.8 Å². The van der Waals surface area contributed by atoms with Crippen LogP contribution in [0, 0.1) is 6.92 Å². The number of aromatic nitrogens is 4. The third kappa shape index (κ3) is 1.24. The highest BCUT2D eigenvalue weighted by atomic mass is 16.3. The number of hydrogen-bond acceptors (Lipinski definition) is 4. The Hall–Kier alpha value is -1.91. The number of nitrogens with zero attached hydrogens (tertiary/aromatic N) is 4. The van der Waals surface area contributed by atoms with Gasteiger partial charge in [-0.25, -0.2) is 4.98 Å². The van der Waals surface area contributed by atoms with Crippen LogP contribution in [0.5, 0.6) is 5.75 Å². The molecule has 0 fully saturated rings. The first-order valence-electron chi connectivity index (χ1n) is 3.80. The van der Waals surface area contributed by atoms with E-state index in [0.29, 0.717) is 5.82 Å². The zero-order valence-electron chi connectivity index (χ0n) is 7.05. The summed E-state index contributed by atoms with van der Waals surface area (Å²) in [5, 5.41) is 17.0. The Morgan fingerprint density at radius 3 is 2.92 bits per heavy atom. The molecule has 0 aliphatic rings. The number of aromatic hydroxyl groups is 1. The molecule has 1 N–H and O–H groups in total. The lowest BCUT2D eigenvalue weighted by atomic mass is 10.3. The lowest BCUT2D eigenvalue weighted by Crippen LogP contribution is -1.99. The van der Waals surface area contributed by atoms with Crippen molar-refractivity contribution in [3.63, 3.8) is 0 Å². The summed E-state index contributed by atoms with van der Waals surface area (Å²) in [6, 6.07) is 1.73. The van der Waals surface area contributed by atoms with Gasteiger partial charge in [0.2, 0.25) is 0 Å². The van der Waals surface area contributed by atoms with Crippen molar-refractivity contribution < 1.29 is 5.11 Å². The van der Waals surface area contributed by atoms with Gasteiger partial charge < -0.3 is 5.11 Å². The average Bonchev–Trinajstić information content (AvgIpc) is 2.62. The lowest BCUT2D eigenvalue weighted by Gasteiger charge is -2.03. The lowest BCUT2D eigenvalue weighted by molar-refractivity contribution is 0.462. The molecule has 0 spiro atoms. The van der Waals surface area contributed by atoms with Gasteiger partial charge in [0.1, 0.15) is 0 Å². The van der Waals surface area contributed by atoms with Gasteiger partial charge in [0, 0.05) is 6.20 Å². The molecule has 5 nitrogen and oxygen atoms in total. The van der Waals surface area contributed by atoms with Crippen LogP contribution in [-0.4, -0.2) is 25.1 Å². The molecule has 0 bridgehead atoms. The molecule has 0 atom stereocenters. The fourth-order valence-electron chi connectivity index (χ4n) is 1.02. The largest absolute Gasteiger partial charge is 0.504 e. The fraction of sp³-hybridized carbons (Fsp3) is 0.125. The first-order chi connectivity index (χ1) is 6.29. The van der Waals surface area contributed by atoms with Crippen LogP contribution in [-0.2, 0) is 0 Å². The molecule has 0 radical (unpaired) electrons. The van der Waals surface area contributed by atoms with Crippen molar-refractivity contribution in [2.45, 2.75) is 6.92 Å². The molecule has 0 unspecified atom stereocenters. The minimum atomic E-state index is 0.132. The maximum absolute atomic E-state index is 9.62. The van der Waals surface area contributed by atoms with Crippen molar-refractivity contribution in [2.24, 2.45) is 0 Å². The maximum atomic E-state index is 9.62. The molecule has 0 aromatic carbocycles. The van der Waals surface area contributed by atoms with Gasteiger partial charge in [-0.05, 0) is 18.6 Å². The first-order valence-corrected chi connectivity index (χ1v) is 3.80. The Morgan fingerprint density at radius 1 is 1.38 bits per heavy atom. The van der Waals surface area contributed by atoms with Gasteiger partial charge in [-0.3, -0.25) is 0 Å². The van der Waals surface area contributed by atoms with Crippen molar-refractivity contribution in [2.75, 3.05) is 0 Å². The first kappa shape index (κ1) is 7.72. The summed E-state index contributed by atoms with van der Waals surface area (Å²) in [6.45, 7) is 1.80. The van der Waals surface area contributed by atoms with Crippen LogP contribution in [0.15, 0.2) is 24.7 Å². The minimum absolute atomic E-state index is 0.132. The van der Waals surface area contributed by atoms with E-state index in [-0.39, 0.29) is 5.75 Å². The summed E-state index contributed by atoms with van der Waals surface area (Å²) in [7, 11) is 0. The number of rotatable bonds is 1. The Balaban J connectivity index is 2.59. The summed E-state index contributed by atoms with van der Waals surface area (Å²) >= 11 is 0. The molecule has 0 aliphatic heterocycles. The Bertz CT molecular complexity index is 410.